The molecule has 1 saturated heterocycles. The van der Waals surface area contributed by atoms with Gasteiger partial charge in [-0.1, -0.05) is 6.07 Å². The highest BCUT2D eigenvalue weighted by atomic mass is 32.1. The van der Waals surface area contributed by atoms with Crippen LogP contribution in [0.2, 0.25) is 0 Å². The van der Waals surface area contributed by atoms with E-state index in [-0.39, 0.29) is 18.7 Å². The monoisotopic (exact) mass is 436 g/mol. The first kappa shape index (κ1) is 21.3. The predicted octanol–water partition coefficient (Wildman–Crippen LogP) is 3.85. The maximum Gasteiger partial charge on any atom is 0.170 e. The normalized spacial score (nSPS) is 18.3. The lowest BCUT2D eigenvalue weighted by Gasteiger charge is -2.28. The summed E-state index contributed by atoms with van der Waals surface area (Å²) >= 11 is 5.70. The van der Waals surface area contributed by atoms with Crippen molar-refractivity contribution in [3.8, 4) is 11.4 Å². The molecule has 3 heterocycles. The van der Waals surface area contributed by atoms with Crippen molar-refractivity contribution >= 4 is 17.3 Å². The van der Waals surface area contributed by atoms with Crippen LogP contribution in [-0.4, -0.2) is 44.9 Å². The van der Waals surface area contributed by atoms with Gasteiger partial charge in [0.2, 0.25) is 0 Å². The first-order chi connectivity index (χ1) is 15.0. The van der Waals surface area contributed by atoms with Crippen LogP contribution in [0.15, 0.2) is 54.7 Å². The molecule has 2 atom stereocenters. The van der Waals surface area contributed by atoms with Crippen LogP contribution in [0.4, 0.5) is 0 Å². The molecule has 1 aliphatic rings. The molecule has 4 rings (SSSR count). The number of hydrogen-bond donors (Lipinski definition) is 2. The fraction of sp³-hybridized carbons (Fsp3) is 0.333. The number of pyridine rings is 1. The third-order valence-corrected chi connectivity index (χ3v) is 6.23. The quantitative estimate of drug-likeness (QED) is 0.549. The molecule has 6 nitrogen and oxygen atoms in total. The lowest BCUT2D eigenvalue weighted by Crippen LogP contribution is -2.31. The first-order valence-corrected chi connectivity index (χ1v) is 10.9. The van der Waals surface area contributed by atoms with E-state index in [2.05, 4.69) is 51.8 Å². The minimum absolute atomic E-state index is 0.00727. The zero-order chi connectivity index (χ0) is 22.0. The van der Waals surface area contributed by atoms with E-state index in [1.54, 1.807) is 7.11 Å². The van der Waals surface area contributed by atoms with Crippen LogP contribution in [0.5, 0.6) is 5.75 Å². The Kier molecular flexibility index (Phi) is 6.25. The van der Waals surface area contributed by atoms with Gasteiger partial charge in [0.1, 0.15) is 5.75 Å². The molecule has 3 aromatic rings. The summed E-state index contributed by atoms with van der Waals surface area (Å²) in [5.41, 5.74) is 5.56. The van der Waals surface area contributed by atoms with Gasteiger partial charge in [-0.3, -0.25) is 4.98 Å². The Labute approximate surface area is 188 Å². The van der Waals surface area contributed by atoms with Crippen molar-refractivity contribution in [2.45, 2.75) is 32.4 Å². The van der Waals surface area contributed by atoms with Gasteiger partial charge in [0.15, 0.2) is 5.11 Å². The summed E-state index contributed by atoms with van der Waals surface area (Å²) in [6.07, 6.45) is 2.47. The lowest BCUT2D eigenvalue weighted by molar-refractivity contribution is 0.247. The maximum absolute atomic E-state index is 9.43. The van der Waals surface area contributed by atoms with Crippen LogP contribution < -0.4 is 10.1 Å². The molecule has 0 unspecified atom stereocenters. The van der Waals surface area contributed by atoms with Gasteiger partial charge in [-0.25, -0.2) is 0 Å². The van der Waals surface area contributed by atoms with E-state index in [0.717, 1.165) is 28.5 Å². The third kappa shape index (κ3) is 4.03. The van der Waals surface area contributed by atoms with Crippen LogP contribution >= 0.6 is 12.2 Å². The number of nitrogens with one attached hydrogen (secondary N) is 1. The Bertz CT molecular complexity index is 1050. The number of thiocarbonyl (C=S) groups is 1. The molecular weight excluding hydrogens is 408 g/mol. The number of aliphatic hydroxyl groups excluding tert-OH is 1. The van der Waals surface area contributed by atoms with Gasteiger partial charge in [-0.15, -0.1) is 0 Å². The Balaban J connectivity index is 1.79. The van der Waals surface area contributed by atoms with Gasteiger partial charge in [-0.2, -0.15) is 0 Å². The van der Waals surface area contributed by atoms with Gasteiger partial charge >= 0.3 is 0 Å². The third-order valence-electron chi connectivity index (χ3n) is 5.87. The van der Waals surface area contributed by atoms with Crippen molar-refractivity contribution < 1.29 is 9.84 Å². The molecule has 31 heavy (non-hydrogen) atoms. The molecule has 2 N–H and O–H groups in total. The number of methoxy groups -OCH3 is 1. The second kappa shape index (κ2) is 9.08. The molecule has 0 spiro atoms. The number of benzene rings is 1. The maximum atomic E-state index is 9.43. The summed E-state index contributed by atoms with van der Waals surface area (Å²) in [5, 5.41) is 13.6. The van der Waals surface area contributed by atoms with E-state index in [1.165, 1.54) is 5.56 Å². The molecular formula is C24H28N4O2S. The number of aromatic nitrogens is 2. The van der Waals surface area contributed by atoms with Crippen molar-refractivity contribution in [1.82, 2.24) is 19.8 Å². The van der Waals surface area contributed by atoms with Gasteiger partial charge in [0.25, 0.3) is 0 Å². The Morgan fingerprint density at radius 2 is 1.94 bits per heavy atom. The SMILES string of the molecule is COc1ccc(-n2c(C)cc([C@@H]3[C@H](c4ccccn4)NC(=S)N3CCCO)c2C)cc1. The number of rotatable bonds is 7. The minimum Gasteiger partial charge on any atom is -0.497 e. The molecule has 7 heteroatoms. The van der Waals surface area contributed by atoms with Crippen molar-refractivity contribution in [1.29, 1.82) is 0 Å². The number of ether oxygens (including phenoxy) is 1. The molecule has 0 bridgehead atoms. The van der Waals surface area contributed by atoms with Gasteiger partial charge < -0.3 is 24.6 Å². The van der Waals surface area contributed by atoms with Crippen LogP contribution in [0, 0.1) is 13.8 Å². The summed E-state index contributed by atoms with van der Waals surface area (Å²) in [5.74, 6) is 0.835. The van der Waals surface area contributed by atoms with Crippen molar-refractivity contribution in [3.05, 3.63) is 77.4 Å². The molecule has 0 radical (unpaired) electrons. The summed E-state index contributed by atoms with van der Waals surface area (Å²) in [6.45, 7) is 5.08. The highest BCUT2D eigenvalue weighted by molar-refractivity contribution is 7.80. The van der Waals surface area contributed by atoms with Gasteiger partial charge in [0.05, 0.1) is 24.9 Å². The van der Waals surface area contributed by atoms with Gasteiger partial charge in [-0.05, 0) is 80.5 Å². The topological polar surface area (TPSA) is 62.5 Å². The van der Waals surface area contributed by atoms with E-state index in [0.29, 0.717) is 18.1 Å². The number of aryl methyl sites for hydroxylation is 1. The number of hydrogen-bond acceptors (Lipinski definition) is 4. The predicted molar refractivity (Wildman–Crippen MR) is 126 cm³/mol. The van der Waals surface area contributed by atoms with Crippen LogP contribution in [0.25, 0.3) is 5.69 Å². The summed E-state index contributed by atoms with van der Waals surface area (Å²) in [7, 11) is 1.67. The Morgan fingerprint density at radius 3 is 2.58 bits per heavy atom. The van der Waals surface area contributed by atoms with Crippen molar-refractivity contribution in [2.24, 2.45) is 0 Å². The van der Waals surface area contributed by atoms with Crippen LogP contribution in [0.1, 0.15) is 41.1 Å². The van der Waals surface area contributed by atoms with E-state index in [4.69, 9.17) is 17.0 Å². The van der Waals surface area contributed by atoms with Crippen molar-refractivity contribution in [3.63, 3.8) is 0 Å². The first-order valence-electron chi connectivity index (χ1n) is 10.5. The summed E-state index contributed by atoms with van der Waals surface area (Å²) in [6, 6.07) is 16.2. The molecule has 0 saturated carbocycles. The average molecular weight is 437 g/mol. The lowest BCUT2D eigenvalue weighted by atomic mass is 9.96. The molecule has 1 aromatic carbocycles. The van der Waals surface area contributed by atoms with Crippen LogP contribution in [-0.2, 0) is 0 Å². The van der Waals surface area contributed by atoms with Crippen molar-refractivity contribution in [2.75, 3.05) is 20.3 Å². The fourth-order valence-corrected chi connectivity index (χ4v) is 4.77. The second-order valence-corrected chi connectivity index (χ2v) is 8.14. The van der Waals surface area contributed by atoms with E-state index < -0.39 is 0 Å². The smallest absolute Gasteiger partial charge is 0.170 e. The number of nitrogens with zero attached hydrogens (tertiary/aromatic N) is 3. The van der Waals surface area contributed by atoms with E-state index in [1.807, 2.05) is 36.5 Å². The summed E-state index contributed by atoms with van der Waals surface area (Å²) in [4.78, 5) is 6.79. The second-order valence-electron chi connectivity index (χ2n) is 7.76. The average Bonchev–Trinajstić information content (AvgIpc) is 3.27. The van der Waals surface area contributed by atoms with Crippen LogP contribution in [0.3, 0.4) is 0 Å². The molecule has 2 aromatic heterocycles. The number of aliphatic hydroxyl groups is 1. The fourth-order valence-electron chi connectivity index (χ4n) is 4.44. The molecule has 1 aliphatic heterocycles. The molecule has 0 aliphatic carbocycles. The largest absolute Gasteiger partial charge is 0.497 e. The highest BCUT2D eigenvalue weighted by Gasteiger charge is 2.41. The van der Waals surface area contributed by atoms with E-state index >= 15 is 0 Å². The minimum atomic E-state index is -0.0581. The highest BCUT2D eigenvalue weighted by Crippen LogP contribution is 2.41. The van der Waals surface area contributed by atoms with E-state index in [9.17, 15) is 5.11 Å². The molecule has 162 valence electrons. The summed E-state index contributed by atoms with van der Waals surface area (Å²) < 4.78 is 7.57. The zero-order valence-electron chi connectivity index (χ0n) is 18.1. The molecule has 1 fully saturated rings. The zero-order valence-corrected chi connectivity index (χ0v) is 18.9. The standard InChI is InChI=1S/C24H28N4O2S/c1-16-15-20(17(2)28(16)18-8-10-19(30-3)11-9-18)23-22(21-7-4-5-12-25-21)26-24(31)27(23)13-6-14-29/h4-5,7-12,15,22-23,29H,6,13-14H2,1-3H3,(H,26,31)/t22-,23+/m0/s1. The molecule has 0 amide bonds. The van der Waals surface area contributed by atoms with Gasteiger partial charge in [0, 0.05) is 36.4 Å². The Morgan fingerprint density at radius 1 is 1.16 bits per heavy atom. The Hall–Kier alpha value is -2.90.